The Morgan fingerprint density at radius 2 is 1.61 bits per heavy atom. The Labute approximate surface area is 163 Å². The molecule has 2 rings (SSSR count). The van der Waals surface area contributed by atoms with Gasteiger partial charge in [-0.15, -0.1) is 0 Å². The van der Waals surface area contributed by atoms with E-state index in [4.69, 9.17) is 9.05 Å². The average Bonchev–Trinajstić information content (AvgIpc) is 2.67. The smallest absolute Gasteiger partial charge is 0.310 e. The molecule has 1 N–H and O–H groups in total. The predicted octanol–water partition coefficient (Wildman–Crippen LogP) is 2.89. The lowest BCUT2D eigenvalue weighted by Crippen LogP contribution is -2.50. The van der Waals surface area contributed by atoms with Crippen LogP contribution in [0.4, 0.5) is 0 Å². The summed E-state index contributed by atoms with van der Waals surface area (Å²) >= 11 is 0. The first kappa shape index (κ1) is 22.2. The largest absolute Gasteiger partial charge is 0.362 e. The Bertz CT molecular complexity index is 972. The summed E-state index contributed by atoms with van der Waals surface area (Å²) in [5.41, 5.74) is 0.910. The van der Waals surface area contributed by atoms with E-state index in [2.05, 4.69) is 4.72 Å². The van der Waals surface area contributed by atoms with E-state index in [1.54, 1.807) is 37.3 Å². The summed E-state index contributed by atoms with van der Waals surface area (Å²) in [5.74, 6) is 0. The highest BCUT2D eigenvalue weighted by Gasteiger charge is 2.58. The van der Waals surface area contributed by atoms with Gasteiger partial charge in [0.1, 0.15) is 0 Å². The number of hydrogen-bond donors (Lipinski definition) is 1. The standard InChI is InChI=1S/C17H21N2O7PS/c1-14-9-11-16(12-10-14)28(23,24)18-17(13-19(20)21,27(22,25-2)26-3)15-7-5-4-6-8-15/h4-12,18H,13H2,1-3H3. The molecule has 0 radical (unpaired) electrons. The topological polar surface area (TPSA) is 125 Å². The maximum atomic E-state index is 13.4. The predicted molar refractivity (Wildman–Crippen MR) is 103 cm³/mol. The van der Waals surface area contributed by atoms with Crippen LogP contribution in [-0.4, -0.2) is 34.1 Å². The zero-order valence-electron chi connectivity index (χ0n) is 15.6. The summed E-state index contributed by atoms with van der Waals surface area (Å²) in [5, 5.41) is 9.20. The molecule has 0 bridgehead atoms. The summed E-state index contributed by atoms with van der Waals surface area (Å²) in [6, 6.07) is 13.4. The lowest BCUT2D eigenvalue weighted by Gasteiger charge is -2.35. The van der Waals surface area contributed by atoms with Crippen molar-refractivity contribution in [3.63, 3.8) is 0 Å². The summed E-state index contributed by atoms with van der Waals surface area (Å²) in [4.78, 5) is 10.6. The monoisotopic (exact) mass is 428 g/mol. The molecule has 0 fully saturated rings. The summed E-state index contributed by atoms with van der Waals surface area (Å²) in [6.07, 6.45) is 0. The molecule has 2 aromatic rings. The van der Waals surface area contributed by atoms with Gasteiger partial charge in [0.2, 0.25) is 21.8 Å². The zero-order chi connectivity index (χ0) is 21.0. The van der Waals surface area contributed by atoms with Crippen LogP contribution in [0.1, 0.15) is 11.1 Å². The fourth-order valence-electron chi connectivity index (χ4n) is 2.77. The minimum Gasteiger partial charge on any atom is -0.310 e. The van der Waals surface area contributed by atoms with Crippen LogP contribution in [0.2, 0.25) is 0 Å². The number of rotatable bonds is 9. The highest BCUT2D eigenvalue weighted by molar-refractivity contribution is 7.89. The van der Waals surface area contributed by atoms with Crippen molar-refractivity contribution in [1.82, 2.24) is 4.72 Å². The number of nitro groups is 1. The van der Waals surface area contributed by atoms with E-state index < -0.39 is 34.4 Å². The van der Waals surface area contributed by atoms with Gasteiger partial charge in [-0.2, -0.15) is 4.72 Å². The fourth-order valence-corrected chi connectivity index (χ4v) is 6.34. The van der Waals surface area contributed by atoms with Crippen molar-refractivity contribution < 1.29 is 27.0 Å². The minimum atomic E-state index is -4.36. The lowest BCUT2D eigenvalue weighted by atomic mass is 10.1. The van der Waals surface area contributed by atoms with E-state index in [1.165, 1.54) is 24.3 Å². The molecule has 0 aliphatic carbocycles. The van der Waals surface area contributed by atoms with Crippen molar-refractivity contribution in [2.24, 2.45) is 0 Å². The van der Waals surface area contributed by atoms with Crippen LogP contribution in [0.25, 0.3) is 0 Å². The van der Waals surface area contributed by atoms with Gasteiger partial charge in [0.25, 0.3) is 0 Å². The molecule has 152 valence electrons. The first-order valence-corrected chi connectivity index (χ1v) is 11.1. The lowest BCUT2D eigenvalue weighted by molar-refractivity contribution is -0.487. The van der Waals surface area contributed by atoms with Gasteiger partial charge in [-0.05, 0) is 24.6 Å². The van der Waals surface area contributed by atoms with Crippen LogP contribution < -0.4 is 4.72 Å². The van der Waals surface area contributed by atoms with Crippen molar-refractivity contribution in [2.75, 3.05) is 20.8 Å². The molecule has 0 spiro atoms. The van der Waals surface area contributed by atoms with Crippen LogP contribution in [0, 0.1) is 17.0 Å². The van der Waals surface area contributed by atoms with Crippen LogP contribution in [-0.2, 0) is 28.9 Å². The van der Waals surface area contributed by atoms with Gasteiger partial charge in [-0.3, -0.25) is 14.7 Å². The van der Waals surface area contributed by atoms with Crippen LogP contribution in [0.5, 0.6) is 0 Å². The molecule has 1 atom stereocenters. The maximum absolute atomic E-state index is 13.4. The van der Waals surface area contributed by atoms with Gasteiger partial charge in [0.15, 0.2) is 0 Å². The minimum absolute atomic E-state index is 0.0782. The fraction of sp³-hybridized carbons (Fsp3) is 0.294. The molecule has 0 amide bonds. The third-order valence-corrected chi connectivity index (χ3v) is 8.26. The Hall–Kier alpha value is -2.10. The van der Waals surface area contributed by atoms with Gasteiger partial charge >= 0.3 is 7.60 Å². The molecule has 28 heavy (non-hydrogen) atoms. The first-order chi connectivity index (χ1) is 13.1. The summed E-state index contributed by atoms with van der Waals surface area (Å²) < 4.78 is 51.7. The van der Waals surface area contributed by atoms with Crippen LogP contribution >= 0.6 is 7.60 Å². The molecule has 11 heteroatoms. The number of nitrogens with one attached hydrogen (secondary N) is 1. The van der Waals surface area contributed by atoms with Crippen molar-refractivity contribution in [2.45, 2.75) is 17.1 Å². The van der Waals surface area contributed by atoms with E-state index >= 15 is 0 Å². The van der Waals surface area contributed by atoms with Crippen LogP contribution in [0.15, 0.2) is 59.5 Å². The van der Waals surface area contributed by atoms with Gasteiger partial charge in [-0.1, -0.05) is 48.0 Å². The van der Waals surface area contributed by atoms with Crippen molar-refractivity contribution in [1.29, 1.82) is 0 Å². The average molecular weight is 428 g/mol. The second-order valence-electron chi connectivity index (χ2n) is 6.00. The van der Waals surface area contributed by atoms with Crippen molar-refractivity contribution in [3.8, 4) is 0 Å². The third-order valence-electron chi connectivity index (χ3n) is 4.19. The van der Waals surface area contributed by atoms with Gasteiger partial charge in [-0.25, -0.2) is 8.42 Å². The Morgan fingerprint density at radius 3 is 2.07 bits per heavy atom. The zero-order valence-corrected chi connectivity index (χ0v) is 17.3. The molecule has 0 aliphatic rings. The number of nitrogens with zero attached hydrogens (tertiary/aromatic N) is 1. The molecular weight excluding hydrogens is 407 g/mol. The first-order valence-electron chi connectivity index (χ1n) is 8.10. The number of aryl methyl sites for hydroxylation is 1. The molecule has 0 aromatic heterocycles. The van der Waals surface area contributed by atoms with Gasteiger partial charge in [0.05, 0.1) is 4.90 Å². The molecule has 9 nitrogen and oxygen atoms in total. The highest BCUT2D eigenvalue weighted by Crippen LogP contribution is 2.63. The molecule has 0 aliphatic heterocycles. The van der Waals surface area contributed by atoms with E-state index in [0.717, 1.165) is 19.8 Å². The molecule has 0 saturated heterocycles. The number of sulfonamides is 1. The van der Waals surface area contributed by atoms with Crippen molar-refractivity contribution >= 4 is 17.6 Å². The van der Waals surface area contributed by atoms with Crippen molar-refractivity contribution in [3.05, 3.63) is 75.8 Å². The quantitative estimate of drug-likeness (QED) is 0.370. The number of hydrogen-bond acceptors (Lipinski definition) is 7. The molecular formula is C17H21N2O7PS. The SMILES string of the molecule is COP(=O)(OC)C(C[N+](=O)[O-])(NS(=O)(=O)c1ccc(C)cc1)c1ccccc1. The molecule has 2 aromatic carbocycles. The normalized spacial score (nSPS) is 14.4. The second kappa shape index (κ2) is 8.50. The molecule has 0 heterocycles. The third kappa shape index (κ3) is 4.31. The summed E-state index contributed by atoms with van der Waals surface area (Å²) in [7, 11) is -6.59. The van der Waals surface area contributed by atoms with Gasteiger partial charge < -0.3 is 9.05 Å². The summed E-state index contributed by atoms with van der Waals surface area (Å²) in [6.45, 7) is 0.732. The Kier molecular flexibility index (Phi) is 6.74. The van der Waals surface area contributed by atoms with E-state index in [1.807, 2.05) is 0 Å². The van der Waals surface area contributed by atoms with Gasteiger partial charge in [0, 0.05) is 19.1 Å². The van der Waals surface area contributed by atoms with E-state index in [0.29, 0.717) is 0 Å². The Balaban J connectivity index is 2.74. The van der Waals surface area contributed by atoms with E-state index in [9.17, 15) is 23.1 Å². The van der Waals surface area contributed by atoms with Crippen LogP contribution in [0.3, 0.4) is 0 Å². The molecule has 1 unspecified atom stereocenters. The second-order valence-corrected chi connectivity index (χ2v) is 10.2. The van der Waals surface area contributed by atoms with E-state index in [-0.39, 0.29) is 10.5 Å². The molecule has 0 saturated carbocycles. The maximum Gasteiger partial charge on any atom is 0.362 e. The highest BCUT2D eigenvalue weighted by atomic mass is 32.2. The number of benzene rings is 2. The Morgan fingerprint density at radius 1 is 1.07 bits per heavy atom.